The number of pyridine rings is 1. The number of fused-ring (bicyclic) bond motifs is 1. The second-order valence-electron chi connectivity index (χ2n) is 5.59. The molecule has 1 N–H and O–H groups in total. The van der Waals surface area contributed by atoms with Crippen molar-refractivity contribution in [2.75, 3.05) is 0 Å². The highest BCUT2D eigenvalue weighted by molar-refractivity contribution is 5.97. The minimum atomic E-state index is -0.118. The number of hydrogen-bond acceptors (Lipinski definition) is 3. The van der Waals surface area contributed by atoms with E-state index >= 15 is 0 Å². The maximum absolute atomic E-state index is 12.6. The molecular formula is C17H20N2O2. The topological polar surface area (TPSA) is 55.1 Å². The van der Waals surface area contributed by atoms with Crippen molar-refractivity contribution in [2.45, 2.75) is 45.6 Å². The lowest BCUT2D eigenvalue weighted by Crippen LogP contribution is -2.28. The molecule has 0 aromatic carbocycles. The molecular weight excluding hydrogens is 264 g/mol. The van der Waals surface area contributed by atoms with E-state index in [-0.39, 0.29) is 11.9 Å². The maximum atomic E-state index is 12.6. The number of carbonyl (C=O) groups excluding carboxylic acids is 1. The van der Waals surface area contributed by atoms with Gasteiger partial charge in [-0.25, -0.2) is 0 Å². The highest BCUT2D eigenvalue weighted by atomic mass is 16.3. The Morgan fingerprint density at radius 1 is 1.33 bits per heavy atom. The van der Waals surface area contributed by atoms with E-state index in [1.54, 1.807) is 6.20 Å². The Labute approximate surface area is 124 Å². The first-order valence-electron chi connectivity index (χ1n) is 7.49. The van der Waals surface area contributed by atoms with Crippen molar-refractivity contribution in [1.82, 2.24) is 10.3 Å². The summed E-state index contributed by atoms with van der Waals surface area (Å²) in [6, 6.07) is 5.60. The van der Waals surface area contributed by atoms with Crippen LogP contribution in [0, 0.1) is 6.92 Å². The fourth-order valence-corrected chi connectivity index (χ4v) is 2.97. The lowest BCUT2D eigenvalue weighted by atomic mass is 9.94. The third-order valence-corrected chi connectivity index (χ3v) is 4.05. The number of aryl methyl sites for hydroxylation is 2. The van der Waals surface area contributed by atoms with Crippen LogP contribution in [-0.4, -0.2) is 10.9 Å². The summed E-state index contributed by atoms with van der Waals surface area (Å²) in [4.78, 5) is 16.9. The fourth-order valence-electron chi connectivity index (χ4n) is 2.97. The van der Waals surface area contributed by atoms with Gasteiger partial charge in [0.2, 0.25) is 0 Å². The third kappa shape index (κ3) is 2.71. The average molecular weight is 284 g/mol. The summed E-state index contributed by atoms with van der Waals surface area (Å²) >= 11 is 0. The molecule has 0 saturated heterocycles. The number of aromatic nitrogens is 1. The Morgan fingerprint density at radius 2 is 2.14 bits per heavy atom. The molecule has 4 heteroatoms. The molecule has 0 spiro atoms. The first kappa shape index (κ1) is 13.9. The van der Waals surface area contributed by atoms with Crippen molar-refractivity contribution in [2.24, 2.45) is 0 Å². The van der Waals surface area contributed by atoms with E-state index in [0.717, 1.165) is 54.0 Å². The molecule has 1 atom stereocenters. The van der Waals surface area contributed by atoms with E-state index in [0.29, 0.717) is 0 Å². The highest BCUT2D eigenvalue weighted by Gasteiger charge is 2.26. The molecule has 21 heavy (non-hydrogen) atoms. The fraction of sp³-hybridized carbons (Fsp3) is 0.412. The van der Waals surface area contributed by atoms with E-state index in [1.807, 2.05) is 32.0 Å². The Morgan fingerprint density at radius 3 is 2.90 bits per heavy atom. The molecule has 110 valence electrons. The summed E-state index contributed by atoms with van der Waals surface area (Å²) in [5, 5.41) is 3.03. The molecule has 0 aliphatic heterocycles. The summed E-state index contributed by atoms with van der Waals surface area (Å²) in [6.07, 6.45) is 5.89. The Kier molecular flexibility index (Phi) is 3.78. The van der Waals surface area contributed by atoms with E-state index in [1.165, 1.54) is 0 Å². The lowest BCUT2D eigenvalue weighted by Gasteiger charge is -2.15. The van der Waals surface area contributed by atoms with Crippen LogP contribution in [0.15, 0.2) is 28.8 Å². The largest absolute Gasteiger partial charge is 0.465 e. The summed E-state index contributed by atoms with van der Waals surface area (Å²) in [5.74, 6) is 1.67. The normalized spacial score (nSPS) is 15.3. The van der Waals surface area contributed by atoms with Crippen LogP contribution in [0.1, 0.15) is 58.9 Å². The SMILES string of the molecule is Cc1oc2c(c1C(=O)N[C@@H](C)c1ccccn1)CCCC2. The predicted molar refractivity (Wildman–Crippen MR) is 80.2 cm³/mol. The van der Waals surface area contributed by atoms with Crippen molar-refractivity contribution in [1.29, 1.82) is 0 Å². The lowest BCUT2D eigenvalue weighted by molar-refractivity contribution is 0.0936. The second kappa shape index (κ2) is 5.72. The van der Waals surface area contributed by atoms with Gasteiger partial charge in [-0.15, -0.1) is 0 Å². The number of nitrogens with zero attached hydrogens (tertiary/aromatic N) is 1. The molecule has 2 heterocycles. The van der Waals surface area contributed by atoms with Gasteiger partial charge < -0.3 is 9.73 Å². The quantitative estimate of drug-likeness (QED) is 0.940. The third-order valence-electron chi connectivity index (χ3n) is 4.05. The zero-order valence-electron chi connectivity index (χ0n) is 12.5. The smallest absolute Gasteiger partial charge is 0.255 e. The van der Waals surface area contributed by atoms with Gasteiger partial charge in [0.05, 0.1) is 17.3 Å². The summed E-state index contributed by atoms with van der Waals surface area (Å²) < 4.78 is 5.77. The number of carbonyl (C=O) groups is 1. The van der Waals surface area contributed by atoms with Crippen molar-refractivity contribution in [3.05, 3.63) is 52.7 Å². The van der Waals surface area contributed by atoms with Gasteiger partial charge in [-0.05, 0) is 45.2 Å². The molecule has 0 radical (unpaired) electrons. The minimum Gasteiger partial charge on any atom is -0.465 e. The van der Waals surface area contributed by atoms with Crippen LogP contribution < -0.4 is 5.32 Å². The second-order valence-corrected chi connectivity index (χ2v) is 5.59. The number of furan rings is 1. The van der Waals surface area contributed by atoms with Crippen LogP contribution in [0.5, 0.6) is 0 Å². The molecule has 3 rings (SSSR count). The molecule has 1 aliphatic rings. The van der Waals surface area contributed by atoms with Crippen LogP contribution in [-0.2, 0) is 12.8 Å². The van der Waals surface area contributed by atoms with Crippen LogP contribution in [0.3, 0.4) is 0 Å². The zero-order valence-corrected chi connectivity index (χ0v) is 12.5. The molecule has 0 unspecified atom stereocenters. The van der Waals surface area contributed by atoms with Crippen molar-refractivity contribution in [3.8, 4) is 0 Å². The zero-order chi connectivity index (χ0) is 14.8. The van der Waals surface area contributed by atoms with E-state index in [4.69, 9.17) is 4.42 Å². The van der Waals surface area contributed by atoms with Crippen molar-refractivity contribution >= 4 is 5.91 Å². The predicted octanol–water partition coefficient (Wildman–Crippen LogP) is 3.35. The standard InChI is InChI=1S/C17H20N2O2/c1-11(14-8-5-6-10-18-14)19-17(20)16-12(2)21-15-9-4-3-7-13(15)16/h5-6,8,10-11H,3-4,7,9H2,1-2H3,(H,19,20)/t11-/m0/s1. The molecule has 1 amide bonds. The van der Waals surface area contributed by atoms with Gasteiger partial charge in [-0.2, -0.15) is 0 Å². The van der Waals surface area contributed by atoms with Gasteiger partial charge in [0.1, 0.15) is 11.5 Å². The Bertz CT molecular complexity index is 646. The first-order valence-corrected chi connectivity index (χ1v) is 7.49. The molecule has 2 aromatic rings. The van der Waals surface area contributed by atoms with Crippen molar-refractivity contribution < 1.29 is 9.21 Å². The summed E-state index contributed by atoms with van der Waals surface area (Å²) in [6.45, 7) is 3.82. The van der Waals surface area contributed by atoms with Crippen LogP contribution in [0.25, 0.3) is 0 Å². The van der Waals surface area contributed by atoms with Gasteiger partial charge in [0.15, 0.2) is 0 Å². The van der Waals surface area contributed by atoms with E-state index in [9.17, 15) is 4.79 Å². The van der Waals surface area contributed by atoms with Gasteiger partial charge in [-0.3, -0.25) is 9.78 Å². The average Bonchev–Trinajstić information content (AvgIpc) is 2.83. The Balaban J connectivity index is 1.81. The maximum Gasteiger partial charge on any atom is 0.255 e. The monoisotopic (exact) mass is 284 g/mol. The molecule has 0 fully saturated rings. The molecule has 4 nitrogen and oxygen atoms in total. The number of amides is 1. The molecule has 0 saturated carbocycles. The molecule has 0 bridgehead atoms. The van der Waals surface area contributed by atoms with E-state index < -0.39 is 0 Å². The van der Waals surface area contributed by atoms with Gasteiger partial charge in [0, 0.05) is 18.2 Å². The van der Waals surface area contributed by atoms with Gasteiger partial charge >= 0.3 is 0 Å². The van der Waals surface area contributed by atoms with Crippen LogP contribution in [0.2, 0.25) is 0 Å². The summed E-state index contributed by atoms with van der Waals surface area (Å²) in [5.41, 5.74) is 2.69. The minimum absolute atomic E-state index is 0.0578. The van der Waals surface area contributed by atoms with Gasteiger partial charge in [0.25, 0.3) is 5.91 Å². The van der Waals surface area contributed by atoms with Crippen molar-refractivity contribution in [3.63, 3.8) is 0 Å². The molecule has 2 aromatic heterocycles. The van der Waals surface area contributed by atoms with Crippen LogP contribution >= 0.6 is 0 Å². The van der Waals surface area contributed by atoms with Crippen LogP contribution in [0.4, 0.5) is 0 Å². The highest BCUT2D eigenvalue weighted by Crippen LogP contribution is 2.29. The first-order chi connectivity index (χ1) is 10.2. The number of nitrogens with one attached hydrogen (secondary N) is 1. The van der Waals surface area contributed by atoms with Gasteiger partial charge in [-0.1, -0.05) is 6.07 Å². The Hall–Kier alpha value is -2.10. The van der Waals surface area contributed by atoms with E-state index in [2.05, 4.69) is 10.3 Å². The number of rotatable bonds is 3. The summed E-state index contributed by atoms with van der Waals surface area (Å²) in [7, 11) is 0. The molecule has 1 aliphatic carbocycles. The number of hydrogen-bond donors (Lipinski definition) is 1.